The molecule has 3 aromatic carbocycles. The minimum atomic E-state index is -5.73. The van der Waals surface area contributed by atoms with E-state index in [-0.39, 0.29) is 21.6 Å². The Kier molecular flexibility index (Phi) is 4.70. The molecule has 0 fully saturated rings. The molecule has 1 heterocycles. The van der Waals surface area contributed by atoms with Crippen LogP contribution in [0.2, 0.25) is 0 Å². The van der Waals surface area contributed by atoms with Gasteiger partial charge >= 0.3 is 10.1 Å². The Hall–Kier alpha value is -3.51. The number of halogens is 4. The number of benzene rings is 3. The number of ether oxygens (including phenoxy) is 1. The molecule has 0 aliphatic carbocycles. The quantitative estimate of drug-likeness (QED) is 0.341. The second-order valence-electron chi connectivity index (χ2n) is 6.26. The third-order valence-corrected chi connectivity index (χ3v) is 5.75. The zero-order chi connectivity index (χ0) is 22.7. The van der Waals surface area contributed by atoms with Crippen LogP contribution in [-0.4, -0.2) is 32.4 Å². The van der Waals surface area contributed by atoms with Gasteiger partial charge in [-0.3, -0.25) is 9.59 Å². The molecule has 0 atom stereocenters. The summed E-state index contributed by atoms with van der Waals surface area (Å²) in [5.74, 6) is -13.0. The number of carbonyl (C=O) groups is 2. The number of imide groups is 1. The summed E-state index contributed by atoms with van der Waals surface area (Å²) in [5, 5.41) is 0.470. The van der Waals surface area contributed by atoms with E-state index >= 15 is 0 Å². The lowest BCUT2D eigenvalue weighted by atomic mass is 9.95. The van der Waals surface area contributed by atoms with Crippen LogP contribution in [0.5, 0.6) is 5.75 Å². The molecule has 160 valence electrons. The van der Waals surface area contributed by atoms with Crippen molar-refractivity contribution in [2.45, 2.75) is 4.90 Å². The Morgan fingerprint density at radius 3 is 1.74 bits per heavy atom. The van der Waals surface area contributed by atoms with Crippen molar-refractivity contribution in [1.82, 2.24) is 5.06 Å². The minimum Gasteiger partial charge on any atom is -0.491 e. The maximum Gasteiger partial charge on any atom is 0.324 e. The molecule has 0 N–H and O–H groups in total. The lowest BCUT2D eigenvalue weighted by Crippen LogP contribution is -2.42. The van der Waals surface area contributed by atoms with Gasteiger partial charge in [0, 0.05) is 5.39 Å². The fraction of sp³-hybridized carbons (Fsp3) is 0.0526. The van der Waals surface area contributed by atoms with Crippen LogP contribution in [0.3, 0.4) is 0 Å². The van der Waals surface area contributed by atoms with Gasteiger partial charge in [-0.15, -0.1) is 9.35 Å². The number of amides is 2. The van der Waals surface area contributed by atoms with Gasteiger partial charge in [-0.25, -0.2) is 8.78 Å². The molecule has 0 saturated heterocycles. The SMILES string of the molecule is COc1c(F)c(F)c(S(=O)(=O)ON2C(=O)c3cccc4cccc(c34)C2=O)c(F)c1F. The maximum atomic E-state index is 14.2. The van der Waals surface area contributed by atoms with E-state index in [4.69, 9.17) is 0 Å². The van der Waals surface area contributed by atoms with Gasteiger partial charge in [0.05, 0.1) is 18.2 Å². The summed E-state index contributed by atoms with van der Waals surface area (Å²) in [4.78, 5) is 23.2. The Morgan fingerprint density at radius 2 is 1.29 bits per heavy atom. The van der Waals surface area contributed by atoms with Crippen LogP contribution in [0.15, 0.2) is 41.3 Å². The second kappa shape index (κ2) is 7.03. The number of nitrogens with zero attached hydrogens (tertiary/aromatic N) is 1. The third-order valence-electron chi connectivity index (χ3n) is 4.54. The van der Waals surface area contributed by atoms with E-state index in [1.54, 1.807) is 12.1 Å². The van der Waals surface area contributed by atoms with Crippen LogP contribution in [0.4, 0.5) is 17.6 Å². The van der Waals surface area contributed by atoms with Crippen LogP contribution in [0, 0.1) is 23.3 Å². The van der Waals surface area contributed by atoms with Gasteiger partial charge < -0.3 is 4.74 Å². The summed E-state index contributed by atoms with van der Waals surface area (Å²) < 4.78 is 89.9. The van der Waals surface area contributed by atoms with Crippen molar-refractivity contribution < 1.29 is 44.6 Å². The van der Waals surface area contributed by atoms with Gasteiger partial charge in [0.25, 0.3) is 11.8 Å². The predicted molar refractivity (Wildman–Crippen MR) is 95.5 cm³/mol. The van der Waals surface area contributed by atoms with Crippen molar-refractivity contribution in [2.24, 2.45) is 0 Å². The Balaban J connectivity index is 1.84. The molecule has 7 nitrogen and oxygen atoms in total. The highest BCUT2D eigenvalue weighted by atomic mass is 32.2. The Bertz CT molecular complexity index is 1330. The summed E-state index contributed by atoms with van der Waals surface area (Å²) in [5.41, 5.74) is -0.258. The van der Waals surface area contributed by atoms with E-state index in [1.165, 1.54) is 24.3 Å². The van der Waals surface area contributed by atoms with Crippen molar-refractivity contribution in [3.63, 3.8) is 0 Å². The first-order chi connectivity index (χ1) is 14.6. The Labute approximate surface area is 171 Å². The fourth-order valence-corrected chi connectivity index (χ4v) is 4.23. The van der Waals surface area contributed by atoms with Gasteiger partial charge in [0.2, 0.25) is 11.6 Å². The smallest absolute Gasteiger partial charge is 0.324 e. The van der Waals surface area contributed by atoms with E-state index in [0.717, 1.165) is 0 Å². The first-order valence-corrected chi connectivity index (χ1v) is 9.76. The molecule has 0 spiro atoms. The highest BCUT2D eigenvalue weighted by Crippen LogP contribution is 2.35. The van der Waals surface area contributed by atoms with Gasteiger partial charge in [0.1, 0.15) is 0 Å². The van der Waals surface area contributed by atoms with Crippen LogP contribution in [0.25, 0.3) is 10.8 Å². The molecule has 3 aromatic rings. The van der Waals surface area contributed by atoms with Gasteiger partial charge in [-0.2, -0.15) is 17.2 Å². The summed E-state index contributed by atoms with van der Waals surface area (Å²) >= 11 is 0. The topological polar surface area (TPSA) is 90.0 Å². The van der Waals surface area contributed by atoms with E-state index < -0.39 is 55.8 Å². The molecule has 1 aliphatic rings. The fourth-order valence-electron chi connectivity index (χ4n) is 3.20. The summed E-state index contributed by atoms with van der Waals surface area (Å²) in [6, 6.07) is 8.66. The van der Waals surface area contributed by atoms with Crippen molar-refractivity contribution in [3.05, 3.63) is 70.8 Å². The van der Waals surface area contributed by atoms with E-state index in [0.29, 0.717) is 12.5 Å². The second-order valence-corrected chi connectivity index (χ2v) is 7.73. The monoisotopic (exact) mass is 455 g/mol. The van der Waals surface area contributed by atoms with Gasteiger partial charge in [-0.1, -0.05) is 24.3 Å². The van der Waals surface area contributed by atoms with E-state index in [2.05, 4.69) is 9.02 Å². The standard InChI is InChI=1S/C19H9F4NO6S/c1-29-16-12(20)14(22)17(15(23)13(16)21)31(27,28)30-24-18(25)9-6-2-4-8-5-3-7-10(11(8)9)19(24)26/h2-7H,1H3. The number of rotatable bonds is 4. The molecule has 4 rings (SSSR count). The first kappa shape index (κ1) is 20.8. The largest absolute Gasteiger partial charge is 0.491 e. The van der Waals surface area contributed by atoms with Crippen molar-refractivity contribution in [2.75, 3.05) is 7.11 Å². The maximum absolute atomic E-state index is 14.2. The number of hydrogen-bond donors (Lipinski definition) is 0. The van der Waals surface area contributed by atoms with E-state index in [1.807, 2.05) is 0 Å². The lowest BCUT2D eigenvalue weighted by Gasteiger charge is -2.25. The normalized spacial score (nSPS) is 13.8. The molecule has 0 saturated carbocycles. The molecule has 0 radical (unpaired) electrons. The average Bonchev–Trinajstić information content (AvgIpc) is 2.74. The highest BCUT2D eigenvalue weighted by Gasteiger charge is 2.41. The molecular formula is C19H9F4NO6S. The zero-order valence-electron chi connectivity index (χ0n) is 15.3. The molecule has 31 heavy (non-hydrogen) atoms. The predicted octanol–water partition coefficient (Wildman–Crippen LogP) is 3.32. The number of methoxy groups -OCH3 is 1. The van der Waals surface area contributed by atoms with Crippen LogP contribution in [0.1, 0.15) is 20.7 Å². The molecule has 1 aliphatic heterocycles. The van der Waals surface area contributed by atoms with Crippen LogP contribution < -0.4 is 4.74 Å². The summed E-state index contributed by atoms with van der Waals surface area (Å²) in [6.45, 7) is 0. The number of carbonyl (C=O) groups excluding carboxylic acids is 2. The number of hydroxylamine groups is 2. The van der Waals surface area contributed by atoms with Gasteiger partial charge in [-0.05, 0) is 17.5 Å². The van der Waals surface area contributed by atoms with Crippen molar-refractivity contribution in [1.29, 1.82) is 0 Å². The van der Waals surface area contributed by atoms with Gasteiger partial charge in [0.15, 0.2) is 22.3 Å². The Morgan fingerprint density at radius 1 is 0.806 bits per heavy atom. The lowest BCUT2D eigenvalue weighted by molar-refractivity contribution is -0.0158. The highest BCUT2D eigenvalue weighted by molar-refractivity contribution is 7.86. The minimum absolute atomic E-state index is 0.129. The van der Waals surface area contributed by atoms with Crippen molar-refractivity contribution in [3.8, 4) is 5.75 Å². The summed E-state index contributed by atoms with van der Waals surface area (Å²) in [6.07, 6.45) is 0. The number of hydrogen-bond acceptors (Lipinski definition) is 6. The molecule has 12 heteroatoms. The summed E-state index contributed by atoms with van der Waals surface area (Å²) in [7, 11) is -5.03. The molecular weight excluding hydrogens is 446 g/mol. The first-order valence-electron chi connectivity index (χ1n) is 8.35. The molecule has 0 unspecified atom stereocenters. The average molecular weight is 455 g/mol. The third kappa shape index (κ3) is 2.94. The van der Waals surface area contributed by atoms with Crippen molar-refractivity contribution >= 4 is 32.7 Å². The van der Waals surface area contributed by atoms with Crippen LogP contribution >= 0.6 is 0 Å². The molecule has 0 bridgehead atoms. The van der Waals surface area contributed by atoms with Crippen LogP contribution in [-0.2, 0) is 14.4 Å². The molecule has 2 amide bonds. The zero-order valence-corrected chi connectivity index (χ0v) is 16.1. The van der Waals surface area contributed by atoms with E-state index in [9.17, 15) is 35.6 Å². The molecule has 0 aromatic heterocycles.